The molecule has 3 aliphatic rings. The van der Waals surface area contributed by atoms with Crippen molar-refractivity contribution >= 4 is 23.6 Å². The van der Waals surface area contributed by atoms with Gasteiger partial charge in [0.05, 0.1) is 6.04 Å². The number of nitrogens with one attached hydrogen (secondary N) is 2. The van der Waals surface area contributed by atoms with E-state index in [0.717, 1.165) is 30.5 Å². The average molecular weight is 456 g/mol. The van der Waals surface area contributed by atoms with Gasteiger partial charge in [0.2, 0.25) is 17.7 Å². The van der Waals surface area contributed by atoms with E-state index in [1.807, 2.05) is 30.9 Å². The van der Waals surface area contributed by atoms with E-state index in [1.165, 1.54) is 0 Å². The van der Waals surface area contributed by atoms with Crippen molar-refractivity contribution < 1.29 is 19.2 Å². The zero-order valence-corrected chi connectivity index (χ0v) is 19.3. The second-order valence-electron chi connectivity index (χ2n) is 9.63. The molecule has 0 radical (unpaired) electrons. The number of hydrogen-bond acceptors (Lipinski definition) is 6. The molecule has 2 saturated heterocycles. The molecule has 0 aromatic heterocycles. The molecule has 1 aromatic rings. The maximum atomic E-state index is 13.2. The molecular formula is C24H33N5O4. The quantitative estimate of drug-likeness (QED) is 0.537. The van der Waals surface area contributed by atoms with E-state index in [-0.39, 0.29) is 42.1 Å². The molecule has 0 aliphatic carbocycles. The Bertz CT molecular complexity index is 962. The van der Waals surface area contributed by atoms with Crippen LogP contribution in [0.3, 0.4) is 0 Å². The van der Waals surface area contributed by atoms with Crippen molar-refractivity contribution in [1.29, 1.82) is 0 Å². The highest BCUT2D eigenvalue weighted by atomic mass is 16.2. The van der Waals surface area contributed by atoms with Crippen LogP contribution in [-0.2, 0) is 27.5 Å². The Balaban J connectivity index is 1.47. The van der Waals surface area contributed by atoms with Crippen molar-refractivity contribution in [3.8, 4) is 0 Å². The number of carbonyl (C=O) groups is 4. The van der Waals surface area contributed by atoms with Gasteiger partial charge in [0.1, 0.15) is 6.04 Å². The van der Waals surface area contributed by atoms with Crippen molar-refractivity contribution in [1.82, 2.24) is 20.4 Å². The number of likely N-dealkylation sites (tertiary alicyclic amines) is 1. The Labute approximate surface area is 194 Å². The van der Waals surface area contributed by atoms with Crippen LogP contribution in [0.15, 0.2) is 18.2 Å². The maximum absolute atomic E-state index is 13.2. The van der Waals surface area contributed by atoms with Crippen LogP contribution in [0.5, 0.6) is 0 Å². The standard InChI is InChI=1S/C24H33N5O4/c1-14(2)21(24(33)28-10-4-6-16(25)12-28)26-11-15-5-3-7-17-18(15)13-29(23(17)32)19-8-9-20(30)27-22(19)31/h3,5,7,14,16,19,21,26H,4,6,8-13,25H2,1-2H3,(H,27,30,31)/t16?,19?,21-/m0/s1. The molecule has 3 aliphatic heterocycles. The number of piperidine rings is 2. The number of benzene rings is 1. The van der Waals surface area contributed by atoms with Gasteiger partial charge in [-0.05, 0) is 42.4 Å². The third-order valence-corrected chi connectivity index (χ3v) is 6.89. The number of hydrogen-bond donors (Lipinski definition) is 3. The number of rotatable bonds is 6. The van der Waals surface area contributed by atoms with E-state index in [2.05, 4.69) is 10.6 Å². The van der Waals surface area contributed by atoms with Gasteiger partial charge in [-0.1, -0.05) is 26.0 Å². The fourth-order valence-corrected chi connectivity index (χ4v) is 5.05. The fraction of sp³-hybridized carbons (Fsp3) is 0.583. The summed E-state index contributed by atoms with van der Waals surface area (Å²) in [7, 11) is 0. The number of nitrogens with zero attached hydrogens (tertiary/aromatic N) is 2. The summed E-state index contributed by atoms with van der Waals surface area (Å²) < 4.78 is 0. The number of amides is 4. The van der Waals surface area contributed by atoms with Crippen molar-refractivity contribution in [2.24, 2.45) is 11.7 Å². The number of fused-ring (bicyclic) bond motifs is 1. The Hall–Kier alpha value is -2.78. The van der Waals surface area contributed by atoms with Crippen LogP contribution in [0.4, 0.5) is 0 Å². The Morgan fingerprint density at radius 3 is 2.73 bits per heavy atom. The van der Waals surface area contributed by atoms with E-state index in [9.17, 15) is 19.2 Å². The molecule has 4 N–H and O–H groups in total. The summed E-state index contributed by atoms with van der Waals surface area (Å²) in [4.78, 5) is 53.5. The molecule has 33 heavy (non-hydrogen) atoms. The van der Waals surface area contributed by atoms with E-state index in [1.54, 1.807) is 11.0 Å². The summed E-state index contributed by atoms with van der Waals surface area (Å²) in [5.41, 5.74) is 8.45. The Kier molecular flexibility index (Phi) is 6.81. The van der Waals surface area contributed by atoms with E-state index < -0.39 is 11.9 Å². The second kappa shape index (κ2) is 9.61. The lowest BCUT2D eigenvalue weighted by Crippen LogP contribution is -2.54. The van der Waals surface area contributed by atoms with E-state index in [0.29, 0.717) is 31.6 Å². The summed E-state index contributed by atoms with van der Waals surface area (Å²) >= 11 is 0. The minimum atomic E-state index is -0.642. The van der Waals surface area contributed by atoms with Gasteiger partial charge in [-0.25, -0.2) is 0 Å². The van der Waals surface area contributed by atoms with Crippen molar-refractivity contribution in [3.05, 3.63) is 34.9 Å². The second-order valence-corrected chi connectivity index (χ2v) is 9.63. The summed E-state index contributed by atoms with van der Waals surface area (Å²) in [6, 6.07) is 4.58. The van der Waals surface area contributed by atoms with Crippen molar-refractivity contribution in [2.45, 2.75) is 70.7 Å². The van der Waals surface area contributed by atoms with Gasteiger partial charge >= 0.3 is 0 Å². The predicted molar refractivity (Wildman–Crippen MR) is 122 cm³/mol. The molecule has 3 atom stereocenters. The van der Waals surface area contributed by atoms with Crippen molar-refractivity contribution in [3.63, 3.8) is 0 Å². The summed E-state index contributed by atoms with van der Waals surface area (Å²) in [6.07, 6.45) is 2.42. The third-order valence-electron chi connectivity index (χ3n) is 6.89. The number of nitrogens with two attached hydrogens (primary N) is 1. The minimum absolute atomic E-state index is 0.0252. The van der Waals surface area contributed by atoms with E-state index in [4.69, 9.17) is 5.73 Å². The topological polar surface area (TPSA) is 125 Å². The zero-order valence-electron chi connectivity index (χ0n) is 19.3. The zero-order chi connectivity index (χ0) is 23.7. The van der Waals surface area contributed by atoms with Crippen LogP contribution in [0.1, 0.15) is 61.0 Å². The Morgan fingerprint density at radius 1 is 1.24 bits per heavy atom. The highest BCUT2D eigenvalue weighted by molar-refractivity contribution is 6.05. The summed E-state index contributed by atoms with van der Waals surface area (Å²) in [5, 5.41) is 5.75. The van der Waals surface area contributed by atoms with Gasteiger partial charge in [-0.15, -0.1) is 0 Å². The average Bonchev–Trinajstić information content (AvgIpc) is 3.10. The van der Waals surface area contributed by atoms with Crippen LogP contribution < -0.4 is 16.4 Å². The molecule has 4 amide bonds. The van der Waals surface area contributed by atoms with Crippen LogP contribution in [0.25, 0.3) is 0 Å². The molecule has 178 valence electrons. The molecule has 2 fully saturated rings. The largest absolute Gasteiger partial charge is 0.340 e. The van der Waals surface area contributed by atoms with Gasteiger partial charge in [0, 0.05) is 44.2 Å². The summed E-state index contributed by atoms with van der Waals surface area (Å²) in [5.74, 6) is -0.759. The van der Waals surface area contributed by atoms with Crippen LogP contribution in [0.2, 0.25) is 0 Å². The maximum Gasteiger partial charge on any atom is 0.255 e. The highest BCUT2D eigenvalue weighted by Gasteiger charge is 2.40. The van der Waals surface area contributed by atoms with Gasteiger partial charge in [0.15, 0.2) is 0 Å². The van der Waals surface area contributed by atoms with Crippen LogP contribution >= 0.6 is 0 Å². The molecule has 0 bridgehead atoms. The van der Waals surface area contributed by atoms with Crippen LogP contribution in [-0.4, -0.2) is 64.6 Å². The normalized spacial score (nSPS) is 24.2. The van der Waals surface area contributed by atoms with Gasteiger partial charge < -0.3 is 20.9 Å². The molecule has 0 saturated carbocycles. The van der Waals surface area contributed by atoms with Gasteiger partial charge in [-0.3, -0.25) is 24.5 Å². The Morgan fingerprint density at radius 2 is 2.03 bits per heavy atom. The lowest BCUT2D eigenvalue weighted by atomic mass is 9.98. The van der Waals surface area contributed by atoms with Crippen molar-refractivity contribution in [2.75, 3.05) is 13.1 Å². The first-order chi connectivity index (χ1) is 15.8. The molecule has 9 nitrogen and oxygen atoms in total. The molecule has 1 aromatic carbocycles. The molecule has 0 spiro atoms. The molecule has 4 rings (SSSR count). The summed E-state index contributed by atoms with van der Waals surface area (Å²) in [6.45, 7) is 6.10. The fourth-order valence-electron chi connectivity index (χ4n) is 5.05. The molecule has 9 heteroatoms. The lowest BCUT2D eigenvalue weighted by molar-refractivity contribution is -0.137. The monoisotopic (exact) mass is 455 g/mol. The predicted octanol–water partition coefficient (Wildman–Crippen LogP) is 0.512. The minimum Gasteiger partial charge on any atom is -0.340 e. The lowest BCUT2D eigenvalue weighted by Gasteiger charge is -2.35. The SMILES string of the molecule is CC(C)[C@H](NCc1cccc2c1CN(C1CCC(=O)NC1=O)C2=O)C(=O)N1CCCC(N)C1. The number of carbonyl (C=O) groups excluding carboxylic acids is 4. The highest BCUT2D eigenvalue weighted by Crippen LogP contribution is 2.30. The van der Waals surface area contributed by atoms with Crippen LogP contribution in [0, 0.1) is 5.92 Å². The number of imide groups is 1. The first-order valence-electron chi connectivity index (χ1n) is 11.8. The van der Waals surface area contributed by atoms with Gasteiger partial charge in [-0.2, -0.15) is 0 Å². The van der Waals surface area contributed by atoms with E-state index >= 15 is 0 Å². The smallest absolute Gasteiger partial charge is 0.255 e. The molecule has 3 heterocycles. The third kappa shape index (κ3) is 4.79. The first-order valence-corrected chi connectivity index (χ1v) is 11.8. The first kappa shape index (κ1) is 23.4. The van der Waals surface area contributed by atoms with Gasteiger partial charge in [0.25, 0.3) is 5.91 Å². The molecular weight excluding hydrogens is 422 g/mol. The molecule has 2 unspecified atom stereocenters.